The summed E-state index contributed by atoms with van der Waals surface area (Å²) in [7, 11) is 0. The van der Waals surface area contributed by atoms with Crippen LogP contribution in [0.5, 0.6) is 0 Å². The Kier molecular flexibility index (Phi) is 4.69. The van der Waals surface area contributed by atoms with Gasteiger partial charge in [0.2, 0.25) is 0 Å². The molecule has 1 rings (SSSR count). The van der Waals surface area contributed by atoms with Crippen LogP contribution < -0.4 is 0 Å². The summed E-state index contributed by atoms with van der Waals surface area (Å²) < 4.78 is 5.26. The highest BCUT2D eigenvalue weighted by Crippen LogP contribution is 2.16. The Morgan fingerprint density at radius 2 is 2.50 bits per heavy atom. The predicted molar refractivity (Wildman–Crippen MR) is 51.5 cm³/mol. The summed E-state index contributed by atoms with van der Waals surface area (Å²) in [5.74, 6) is 1.55. The maximum Gasteiger partial charge on any atom is 0.139 e. The summed E-state index contributed by atoms with van der Waals surface area (Å²) in [4.78, 5) is 11.5. The van der Waals surface area contributed by atoms with Gasteiger partial charge >= 0.3 is 0 Å². The zero-order chi connectivity index (χ0) is 8.81. The molecule has 0 aliphatic carbocycles. The largest absolute Gasteiger partial charge is 0.381 e. The molecule has 2 nitrogen and oxygen atoms in total. The van der Waals surface area contributed by atoms with E-state index in [0.717, 1.165) is 31.6 Å². The van der Waals surface area contributed by atoms with Crippen molar-refractivity contribution in [2.75, 3.05) is 25.2 Å². The second kappa shape index (κ2) is 5.60. The fourth-order valence-electron chi connectivity index (χ4n) is 1.40. The van der Waals surface area contributed by atoms with E-state index in [2.05, 4.69) is 0 Å². The lowest BCUT2D eigenvalue weighted by Crippen LogP contribution is -2.25. The number of ketones is 1. The highest BCUT2D eigenvalue weighted by molar-refractivity contribution is 7.98. The normalized spacial score (nSPS) is 23.9. The van der Waals surface area contributed by atoms with E-state index in [1.807, 2.05) is 6.26 Å². The first-order valence-electron chi connectivity index (χ1n) is 4.44. The summed E-state index contributed by atoms with van der Waals surface area (Å²) >= 11 is 1.73. The van der Waals surface area contributed by atoms with E-state index in [4.69, 9.17) is 4.74 Å². The third-order valence-electron chi connectivity index (χ3n) is 2.17. The molecule has 1 fully saturated rings. The Hall–Kier alpha value is -0.0200. The molecule has 0 N–H and O–H groups in total. The summed E-state index contributed by atoms with van der Waals surface area (Å²) in [6, 6.07) is 0. The van der Waals surface area contributed by atoms with Crippen molar-refractivity contribution in [2.45, 2.75) is 19.3 Å². The van der Waals surface area contributed by atoms with Gasteiger partial charge in [-0.3, -0.25) is 4.79 Å². The lowest BCUT2D eigenvalue weighted by molar-refractivity contribution is -0.126. The third kappa shape index (κ3) is 3.15. The molecule has 0 saturated carbocycles. The van der Waals surface area contributed by atoms with Crippen LogP contribution in [0.25, 0.3) is 0 Å². The van der Waals surface area contributed by atoms with Crippen molar-refractivity contribution in [1.82, 2.24) is 0 Å². The smallest absolute Gasteiger partial charge is 0.139 e. The molecule has 1 unspecified atom stereocenters. The lowest BCUT2D eigenvalue weighted by Gasteiger charge is -2.20. The molecule has 70 valence electrons. The minimum atomic E-state index is 0.200. The molecule has 0 aromatic rings. The van der Waals surface area contributed by atoms with Crippen LogP contribution in [-0.2, 0) is 9.53 Å². The zero-order valence-corrected chi connectivity index (χ0v) is 8.36. The van der Waals surface area contributed by atoms with Crippen LogP contribution in [0.3, 0.4) is 0 Å². The van der Waals surface area contributed by atoms with Gasteiger partial charge in [0.1, 0.15) is 5.78 Å². The van der Waals surface area contributed by atoms with E-state index in [0.29, 0.717) is 12.4 Å². The first-order chi connectivity index (χ1) is 5.84. The van der Waals surface area contributed by atoms with Crippen LogP contribution in [0.15, 0.2) is 0 Å². The molecule has 1 saturated heterocycles. The number of ether oxygens (including phenoxy) is 1. The van der Waals surface area contributed by atoms with Gasteiger partial charge in [-0.05, 0) is 24.9 Å². The van der Waals surface area contributed by atoms with Crippen LogP contribution in [0.2, 0.25) is 0 Å². The second-order valence-corrected chi connectivity index (χ2v) is 4.11. The average Bonchev–Trinajstić information content (AvgIpc) is 2.15. The van der Waals surface area contributed by atoms with Gasteiger partial charge in [-0.15, -0.1) is 0 Å². The van der Waals surface area contributed by atoms with Crippen molar-refractivity contribution < 1.29 is 9.53 Å². The van der Waals surface area contributed by atoms with E-state index in [1.54, 1.807) is 11.8 Å². The number of rotatable bonds is 4. The van der Waals surface area contributed by atoms with Crippen molar-refractivity contribution in [1.29, 1.82) is 0 Å². The highest BCUT2D eigenvalue weighted by Gasteiger charge is 2.20. The Morgan fingerprint density at radius 1 is 1.67 bits per heavy atom. The molecule has 1 atom stereocenters. The third-order valence-corrected chi connectivity index (χ3v) is 2.78. The summed E-state index contributed by atoms with van der Waals surface area (Å²) in [6.45, 7) is 1.50. The molecular formula is C9H16O2S. The van der Waals surface area contributed by atoms with Crippen molar-refractivity contribution in [3.05, 3.63) is 0 Å². The molecule has 3 heteroatoms. The van der Waals surface area contributed by atoms with Gasteiger partial charge in [-0.2, -0.15) is 11.8 Å². The fraction of sp³-hybridized carbons (Fsp3) is 0.889. The Labute approximate surface area is 78.1 Å². The molecule has 0 radical (unpaired) electrons. The average molecular weight is 188 g/mol. The van der Waals surface area contributed by atoms with E-state index in [-0.39, 0.29) is 5.92 Å². The Balaban J connectivity index is 2.20. The number of hydrogen-bond acceptors (Lipinski definition) is 3. The molecule has 1 heterocycles. The predicted octanol–water partition coefficient (Wildman–Crippen LogP) is 1.74. The minimum absolute atomic E-state index is 0.200. The molecule has 0 aromatic carbocycles. The zero-order valence-electron chi connectivity index (χ0n) is 7.54. The second-order valence-electron chi connectivity index (χ2n) is 3.12. The summed E-state index contributed by atoms with van der Waals surface area (Å²) in [6.07, 6.45) is 4.84. The summed E-state index contributed by atoms with van der Waals surface area (Å²) in [5.41, 5.74) is 0. The van der Waals surface area contributed by atoms with Crippen LogP contribution in [-0.4, -0.2) is 31.0 Å². The Bertz CT molecular complexity index is 141. The maximum absolute atomic E-state index is 11.5. The topological polar surface area (TPSA) is 26.3 Å². The number of Topliss-reactive ketones (excluding diaryl/α,β-unsaturated/α-hetero) is 1. The maximum atomic E-state index is 11.5. The van der Waals surface area contributed by atoms with Crippen molar-refractivity contribution in [3.8, 4) is 0 Å². The van der Waals surface area contributed by atoms with Crippen LogP contribution in [0.4, 0.5) is 0 Å². The Morgan fingerprint density at radius 3 is 3.08 bits per heavy atom. The molecule has 1 aliphatic rings. The quantitative estimate of drug-likeness (QED) is 0.672. The summed E-state index contributed by atoms with van der Waals surface area (Å²) in [5, 5.41) is 0. The van der Waals surface area contributed by atoms with Gasteiger partial charge < -0.3 is 4.74 Å². The van der Waals surface area contributed by atoms with Crippen molar-refractivity contribution in [3.63, 3.8) is 0 Å². The monoisotopic (exact) mass is 188 g/mol. The minimum Gasteiger partial charge on any atom is -0.381 e. The first kappa shape index (κ1) is 10.1. The van der Waals surface area contributed by atoms with Crippen LogP contribution in [0.1, 0.15) is 19.3 Å². The van der Waals surface area contributed by atoms with E-state index in [1.165, 1.54) is 0 Å². The number of thioether (sulfide) groups is 1. The van der Waals surface area contributed by atoms with Crippen LogP contribution in [0, 0.1) is 5.92 Å². The molecule has 0 spiro atoms. The van der Waals surface area contributed by atoms with Crippen molar-refractivity contribution in [2.24, 2.45) is 5.92 Å². The fourth-order valence-corrected chi connectivity index (χ4v) is 1.81. The standard InChI is InChI=1S/C9H16O2S/c1-12-6-4-9(10)8-3-2-5-11-7-8/h8H,2-7H2,1H3. The number of hydrogen-bond donors (Lipinski definition) is 0. The van der Waals surface area contributed by atoms with E-state index < -0.39 is 0 Å². The highest BCUT2D eigenvalue weighted by atomic mass is 32.2. The first-order valence-corrected chi connectivity index (χ1v) is 5.83. The van der Waals surface area contributed by atoms with Crippen molar-refractivity contribution >= 4 is 17.5 Å². The van der Waals surface area contributed by atoms with Crippen LogP contribution >= 0.6 is 11.8 Å². The number of carbonyl (C=O) groups is 1. The molecule has 0 bridgehead atoms. The van der Waals surface area contributed by atoms with Gasteiger partial charge in [-0.1, -0.05) is 0 Å². The van der Waals surface area contributed by atoms with Gasteiger partial charge in [0, 0.05) is 18.9 Å². The van der Waals surface area contributed by atoms with Gasteiger partial charge in [-0.25, -0.2) is 0 Å². The van der Waals surface area contributed by atoms with Gasteiger partial charge in [0.15, 0.2) is 0 Å². The molecule has 0 amide bonds. The van der Waals surface area contributed by atoms with E-state index in [9.17, 15) is 4.79 Å². The molecule has 0 aromatic heterocycles. The lowest BCUT2D eigenvalue weighted by atomic mass is 9.96. The molecule has 1 aliphatic heterocycles. The molecular weight excluding hydrogens is 172 g/mol. The van der Waals surface area contributed by atoms with E-state index >= 15 is 0 Å². The SMILES string of the molecule is CSCCC(=O)C1CCCOC1. The molecule has 12 heavy (non-hydrogen) atoms. The van der Waals surface area contributed by atoms with Gasteiger partial charge in [0.05, 0.1) is 6.61 Å². The number of carbonyl (C=O) groups excluding carboxylic acids is 1. The van der Waals surface area contributed by atoms with Gasteiger partial charge in [0.25, 0.3) is 0 Å².